The molecule has 0 unspecified atom stereocenters. The summed E-state index contributed by atoms with van der Waals surface area (Å²) in [6, 6.07) is 1.69. The van der Waals surface area contributed by atoms with E-state index in [4.69, 9.17) is 5.73 Å². The number of amides is 1. The summed E-state index contributed by atoms with van der Waals surface area (Å²) in [5.74, 6) is -0.499. The van der Waals surface area contributed by atoms with Crippen LogP contribution in [0.1, 0.15) is 30.4 Å². The average molecular weight is 231 g/mol. The van der Waals surface area contributed by atoms with E-state index in [1.54, 1.807) is 29.3 Å². The molecule has 6 heteroatoms. The van der Waals surface area contributed by atoms with Gasteiger partial charge in [-0.3, -0.25) is 19.4 Å². The first-order valence-electron chi connectivity index (χ1n) is 5.25. The van der Waals surface area contributed by atoms with E-state index in [2.05, 4.69) is 15.1 Å². The van der Waals surface area contributed by atoms with Gasteiger partial charge in [0.15, 0.2) is 0 Å². The number of nitrogens with two attached hydrogens (primary N) is 1. The van der Waals surface area contributed by atoms with Gasteiger partial charge in [0.05, 0.1) is 6.20 Å². The van der Waals surface area contributed by atoms with Gasteiger partial charge in [0.1, 0.15) is 17.1 Å². The highest BCUT2D eigenvalue weighted by molar-refractivity contribution is 5.92. The van der Waals surface area contributed by atoms with Crippen LogP contribution in [-0.2, 0) is 0 Å². The van der Waals surface area contributed by atoms with Crippen molar-refractivity contribution in [1.82, 2.24) is 19.7 Å². The summed E-state index contributed by atoms with van der Waals surface area (Å²) < 4.78 is 1.59. The van der Waals surface area contributed by atoms with Crippen LogP contribution in [0.25, 0.3) is 11.4 Å². The van der Waals surface area contributed by atoms with E-state index in [-0.39, 0.29) is 6.04 Å². The Bertz CT molecular complexity index is 532. The Morgan fingerprint density at radius 1 is 1.35 bits per heavy atom. The van der Waals surface area contributed by atoms with Crippen molar-refractivity contribution in [3.8, 4) is 11.4 Å². The van der Waals surface area contributed by atoms with E-state index in [1.165, 1.54) is 0 Å². The minimum atomic E-state index is -0.499. The molecule has 0 aliphatic rings. The molecule has 0 bridgehead atoms. The zero-order valence-corrected chi connectivity index (χ0v) is 9.66. The van der Waals surface area contributed by atoms with E-state index in [9.17, 15) is 4.79 Å². The third-order valence-electron chi connectivity index (χ3n) is 2.30. The molecular formula is C11H13N5O. The third-order valence-corrected chi connectivity index (χ3v) is 2.30. The summed E-state index contributed by atoms with van der Waals surface area (Å²) in [6.07, 6.45) is 4.75. The van der Waals surface area contributed by atoms with Gasteiger partial charge in [-0.15, -0.1) is 0 Å². The van der Waals surface area contributed by atoms with E-state index >= 15 is 0 Å². The van der Waals surface area contributed by atoms with Crippen molar-refractivity contribution in [1.29, 1.82) is 0 Å². The molecule has 88 valence electrons. The lowest BCUT2D eigenvalue weighted by Gasteiger charge is -2.07. The summed E-state index contributed by atoms with van der Waals surface area (Å²) >= 11 is 0. The normalized spacial score (nSPS) is 10.8. The number of nitrogens with zero attached hydrogens (tertiary/aromatic N) is 4. The molecule has 0 aromatic carbocycles. The summed E-state index contributed by atoms with van der Waals surface area (Å²) in [4.78, 5) is 19.4. The molecule has 0 atom stereocenters. The lowest BCUT2D eigenvalue weighted by molar-refractivity contribution is 0.0988. The van der Waals surface area contributed by atoms with E-state index < -0.39 is 5.91 Å². The molecule has 2 aromatic rings. The highest BCUT2D eigenvalue weighted by Crippen LogP contribution is 2.18. The second-order valence-corrected chi connectivity index (χ2v) is 3.91. The van der Waals surface area contributed by atoms with E-state index in [0.717, 1.165) is 0 Å². The first-order valence-corrected chi connectivity index (χ1v) is 5.25. The number of primary amides is 1. The molecule has 0 saturated carbocycles. The van der Waals surface area contributed by atoms with Gasteiger partial charge in [-0.2, -0.15) is 5.10 Å². The molecule has 0 aliphatic heterocycles. The second kappa shape index (κ2) is 4.32. The Hall–Kier alpha value is -2.24. The fourth-order valence-corrected chi connectivity index (χ4v) is 1.53. The van der Waals surface area contributed by atoms with Gasteiger partial charge in [-0.25, -0.2) is 0 Å². The molecule has 17 heavy (non-hydrogen) atoms. The molecule has 2 N–H and O–H groups in total. The highest BCUT2D eigenvalue weighted by Gasteiger charge is 2.16. The van der Waals surface area contributed by atoms with Crippen LogP contribution in [-0.4, -0.2) is 25.7 Å². The van der Waals surface area contributed by atoms with Gasteiger partial charge in [0.2, 0.25) is 0 Å². The Kier molecular flexibility index (Phi) is 2.86. The molecule has 0 radical (unpaired) electrons. The molecule has 2 aromatic heterocycles. The zero-order valence-electron chi connectivity index (χ0n) is 9.66. The van der Waals surface area contributed by atoms with Crippen molar-refractivity contribution in [2.75, 3.05) is 0 Å². The van der Waals surface area contributed by atoms with Crippen LogP contribution in [0.15, 0.2) is 24.7 Å². The summed E-state index contributed by atoms with van der Waals surface area (Å²) in [7, 11) is 0. The highest BCUT2D eigenvalue weighted by atomic mass is 16.1. The topological polar surface area (TPSA) is 86.7 Å². The average Bonchev–Trinajstić information content (AvgIpc) is 2.75. The largest absolute Gasteiger partial charge is 0.364 e. The molecule has 2 heterocycles. The third kappa shape index (κ3) is 2.15. The molecule has 2 rings (SSSR count). The molecule has 0 aliphatic carbocycles. The van der Waals surface area contributed by atoms with E-state index in [1.807, 2.05) is 13.8 Å². The minimum Gasteiger partial charge on any atom is -0.364 e. The summed E-state index contributed by atoms with van der Waals surface area (Å²) in [5, 5.41) is 4.31. The smallest absolute Gasteiger partial charge is 0.267 e. The maximum Gasteiger partial charge on any atom is 0.267 e. The van der Waals surface area contributed by atoms with Crippen molar-refractivity contribution >= 4 is 5.91 Å². The van der Waals surface area contributed by atoms with Crippen LogP contribution in [0.2, 0.25) is 0 Å². The van der Waals surface area contributed by atoms with Gasteiger partial charge in [-0.05, 0) is 19.9 Å². The number of hydrogen-bond donors (Lipinski definition) is 1. The molecule has 1 amide bonds. The number of carbonyl (C=O) groups excluding carboxylic acids is 1. The predicted molar refractivity (Wildman–Crippen MR) is 62.2 cm³/mol. The fourth-order valence-electron chi connectivity index (χ4n) is 1.53. The van der Waals surface area contributed by atoms with Crippen molar-refractivity contribution in [3.05, 3.63) is 30.4 Å². The Morgan fingerprint density at radius 2 is 2.12 bits per heavy atom. The van der Waals surface area contributed by atoms with Crippen LogP contribution in [0.4, 0.5) is 0 Å². The molecular weight excluding hydrogens is 218 g/mol. The molecule has 0 saturated heterocycles. The molecule has 6 nitrogen and oxygen atoms in total. The van der Waals surface area contributed by atoms with Crippen molar-refractivity contribution < 1.29 is 4.79 Å². The van der Waals surface area contributed by atoms with Gasteiger partial charge >= 0.3 is 0 Å². The van der Waals surface area contributed by atoms with Crippen LogP contribution in [0, 0.1) is 0 Å². The molecule has 0 spiro atoms. The molecule has 0 fully saturated rings. The summed E-state index contributed by atoms with van der Waals surface area (Å²) in [5.41, 5.74) is 6.90. The second-order valence-electron chi connectivity index (χ2n) is 3.91. The zero-order chi connectivity index (χ0) is 12.4. The van der Waals surface area contributed by atoms with Gasteiger partial charge in [-0.1, -0.05) is 0 Å². The monoisotopic (exact) mass is 231 g/mol. The predicted octanol–water partition coefficient (Wildman–Crippen LogP) is 1.02. The fraction of sp³-hybridized carbons (Fsp3) is 0.273. The Morgan fingerprint density at radius 3 is 2.59 bits per heavy atom. The number of carbonyl (C=O) groups is 1. The van der Waals surface area contributed by atoms with Gasteiger partial charge in [0, 0.05) is 18.4 Å². The maximum atomic E-state index is 11.3. The van der Waals surface area contributed by atoms with Crippen LogP contribution in [0.3, 0.4) is 0 Å². The lowest BCUT2D eigenvalue weighted by atomic mass is 10.3. The van der Waals surface area contributed by atoms with Gasteiger partial charge in [0.25, 0.3) is 5.91 Å². The number of aromatic nitrogens is 4. The van der Waals surface area contributed by atoms with E-state index in [0.29, 0.717) is 17.1 Å². The quantitative estimate of drug-likeness (QED) is 0.854. The lowest BCUT2D eigenvalue weighted by Crippen LogP contribution is -2.18. The van der Waals surface area contributed by atoms with Crippen molar-refractivity contribution in [2.24, 2.45) is 5.73 Å². The SMILES string of the molecule is CC(C)n1nc(-c2cnccn2)cc1C(N)=O. The number of rotatable bonds is 3. The number of hydrogen-bond acceptors (Lipinski definition) is 4. The van der Waals surface area contributed by atoms with Crippen LogP contribution < -0.4 is 5.73 Å². The van der Waals surface area contributed by atoms with Crippen LogP contribution >= 0.6 is 0 Å². The maximum absolute atomic E-state index is 11.3. The summed E-state index contributed by atoms with van der Waals surface area (Å²) in [6.45, 7) is 3.86. The standard InChI is InChI=1S/C11H13N5O/c1-7(2)16-10(11(12)17)5-8(15-16)9-6-13-3-4-14-9/h3-7H,1-2H3,(H2,12,17). The minimum absolute atomic E-state index is 0.0583. The van der Waals surface area contributed by atoms with Gasteiger partial charge < -0.3 is 5.73 Å². The van der Waals surface area contributed by atoms with Crippen molar-refractivity contribution in [2.45, 2.75) is 19.9 Å². The Balaban J connectivity index is 2.51. The van der Waals surface area contributed by atoms with Crippen molar-refractivity contribution in [3.63, 3.8) is 0 Å². The Labute approximate surface area is 98.5 Å². The first kappa shape index (κ1) is 11.3. The van der Waals surface area contributed by atoms with Crippen LogP contribution in [0.5, 0.6) is 0 Å². The first-order chi connectivity index (χ1) is 8.09.